The summed E-state index contributed by atoms with van der Waals surface area (Å²) < 4.78 is 5.94. The SMILES string of the molecule is Cc1cc(CSc2cc(Br)ccc2C(=O)O)on1. The Bertz CT molecular complexity index is 582. The van der Waals surface area contributed by atoms with Gasteiger partial charge in [0.15, 0.2) is 0 Å². The smallest absolute Gasteiger partial charge is 0.336 e. The second kappa shape index (κ2) is 5.58. The molecule has 2 aromatic rings. The maximum Gasteiger partial charge on any atom is 0.336 e. The van der Waals surface area contributed by atoms with Gasteiger partial charge in [-0.2, -0.15) is 0 Å². The van der Waals surface area contributed by atoms with E-state index < -0.39 is 5.97 Å². The molecule has 0 amide bonds. The van der Waals surface area contributed by atoms with Crippen LogP contribution in [0.15, 0.2) is 38.2 Å². The average Bonchev–Trinajstić information content (AvgIpc) is 2.72. The first kappa shape index (κ1) is 13.2. The number of halogens is 1. The molecule has 0 spiro atoms. The second-order valence-corrected chi connectivity index (χ2v) is 5.60. The van der Waals surface area contributed by atoms with E-state index in [1.54, 1.807) is 18.2 Å². The molecule has 1 aromatic heterocycles. The predicted octanol–water partition coefficient (Wildman–Crippen LogP) is 3.74. The number of carbonyl (C=O) groups is 1. The van der Waals surface area contributed by atoms with Crippen LogP contribution in [-0.4, -0.2) is 16.2 Å². The van der Waals surface area contributed by atoms with E-state index in [-0.39, 0.29) is 0 Å². The average molecular weight is 328 g/mol. The van der Waals surface area contributed by atoms with E-state index in [9.17, 15) is 4.79 Å². The number of carboxylic acid groups (broad SMARTS) is 1. The van der Waals surface area contributed by atoms with Gasteiger partial charge in [0.1, 0.15) is 5.76 Å². The highest BCUT2D eigenvalue weighted by Crippen LogP contribution is 2.29. The number of thioether (sulfide) groups is 1. The van der Waals surface area contributed by atoms with E-state index in [4.69, 9.17) is 9.63 Å². The normalized spacial score (nSPS) is 10.6. The Labute approximate surface area is 116 Å². The fraction of sp³-hybridized carbons (Fsp3) is 0.167. The van der Waals surface area contributed by atoms with Crippen molar-refractivity contribution >= 4 is 33.7 Å². The summed E-state index contributed by atoms with van der Waals surface area (Å²) in [6.45, 7) is 1.85. The summed E-state index contributed by atoms with van der Waals surface area (Å²) >= 11 is 4.75. The molecule has 0 aliphatic carbocycles. The molecule has 2 rings (SSSR count). The van der Waals surface area contributed by atoms with Crippen LogP contribution in [0.5, 0.6) is 0 Å². The zero-order chi connectivity index (χ0) is 13.1. The van der Waals surface area contributed by atoms with E-state index in [1.807, 2.05) is 13.0 Å². The van der Waals surface area contributed by atoms with Gasteiger partial charge < -0.3 is 9.63 Å². The minimum atomic E-state index is -0.932. The summed E-state index contributed by atoms with van der Waals surface area (Å²) in [5.41, 5.74) is 1.11. The summed E-state index contributed by atoms with van der Waals surface area (Å²) in [6.07, 6.45) is 0. The number of aromatic carboxylic acids is 1. The Kier molecular flexibility index (Phi) is 4.08. The number of benzene rings is 1. The van der Waals surface area contributed by atoms with Crippen molar-refractivity contribution in [1.82, 2.24) is 5.16 Å². The van der Waals surface area contributed by atoms with Crippen molar-refractivity contribution in [3.8, 4) is 0 Å². The van der Waals surface area contributed by atoms with Gasteiger partial charge in [-0.05, 0) is 25.1 Å². The summed E-state index contributed by atoms with van der Waals surface area (Å²) in [6, 6.07) is 6.93. The first-order chi connectivity index (χ1) is 8.56. The third-order valence-electron chi connectivity index (χ3n) is 2.22. The Morgan fingerprint density at radius 2 is 2.28 bits per heavy atom. The van der Waals surface area contributed by atoms with Gasteiger partial charge in [-0.15, -0.1) is 11.8 Å². The number of hydrogen-bond donors (Lipinski definition) is 1. The molecule has 0 fully saturated rings. The topological polar surface area (TPSA) is 63.3 Å². The molecule has 0 saturated carbocycles. The van der Waals surface area contributed by atoms with Crippen molar-refractivity contribution in [2.45, 2.75) is 17.6 Å². The van der Waals surface area contributed by atoms with Crippen LogP contribution in [0.3, 0.4) is 0 Å². The monoisotopic (exact) mass is 327 g/mol. The Hall–Kier alpha value is -1.27. The van der Waals surface area contributed by atoms with Crippen LogP contribution in [0.1, 0.15) is 21.8 Å². The number of rotatable bonds is 4. The van der Waals surface area contributed by atoms with E-state index in [0.29, 0.717) is 16.2 Å². The molecule has 0 saturated heterocycles. The molecular formula is C12H10BrNO3S. The van der Waals surface area contributed by atoms with Crippen LogP contribution in [0.25, 0.3) is 0 Å². The molecule has 0 atom stereocenters. The van der Waals surface area contributed by atoms with E-state index >= 15 is 0 Å². The quantitative estimate of drug-likeness (QED) is 0.866. The van der Waals surface area contributed by atoms with Crippen molar-refractivity contribution in [2.75, 3.05) is 0 Å². The zero-order valence-electron chi connectivity index (χ0n) is 9.51. The Balaban J connectivity index is 2.17. The molecule has 94 valence electrons. The third-order valence-corrected chi connectivity index (χ3v) is 3.79. The lowest BCUT2D eigenvalue weighted by Crippen LogP contribution is -1.98. The van der Waals surface area contributed by atoms with E-state index in [2.05, 4.69) is 21.1 Å². The van der Waals surface area contributed by atoms with Crippen molar-refractivity contribution < 1.29 is 14.4 Å². The molecule has 4 nitrogen and oxygen atoms in total. The fourth-order valence-electron chi connectivity index (χ4n) is 1.43. The maximum atomic E-state index is 11.1. The second-order valence-electron chi connectivity index (χ2n) is 3.67. The van der Waals surface area contributed by atoms with Gasteiger partial charge in [-0.1, -0.05) is 21.1 Å². The lowest BCUT2D eigenvalue weighted by atomic mass is 10.2. The minimum absolute atomic E-state index is 0.291. The van der Waals surface area contributed by atoms with Gasteiger partial charge in [0, 0.05) is 15.4 Å². The first-order valence-electron chi connectivity index (χ1n) is 5.14. The van der Waals surface area contributed by atoms with Gasteiger partial charge in [-0.3, -0.25) is 0 Å². The van der Waals surface area contributed by atoms with Gasteiger partial charge in [0.2, 0.25) is 0 Å². The summed E-state index contributed by atoms with van der Waals surface area (Å²) in [5.74, 6) is 0.352. The molecule has 0 bridgehead atoms. The molecule has 0 aliphatic rings. The maximum absolute atomic E-state index is 11.1. The Morgan fingerprint density at radius 1 is 1.50 bits per heavy atom. The zero-order valence-corrected chi connectivity index (χ0v) is 11.9. The van der Waals surface area contributed by atoms with Crippen LogP contribution in [-0.2, 0) is 5.75 Å². The number of nitrogens with zero attached hydrogens (tertiary/aromatic N) is 1. The standard InChI is InChI=1S/C12H10BrNO3S/c1-7-4-9(17-14-7)6-18-11-5-8(13)2-3-10(11)12(15)16/h2-5H,6H2,1H3,(H,15,16). The fourth-order valence-corrected chi connectivity index (χ4v) is 2.89. The van der Waals surface area contributed by atoms with E-state index in [0.717, 1.165) is 15.9 Å². The van der Waals surface area contributed by atoms with Crippen LogP contribution >= 0.6 is 27.7 Å². The largest absolute Gasteiger partial charge is 0.478 e. The van der Waals surface area contributed by atoms with Crippen LogP contribution < -0.4 is 0 Å². The molecular weight excluding hydrogens is 318 g/mol. The molecule has 6 heteroatoms. The number of aromatic nitrogens is 1. The number of carboxylic acids is 1. The van der Waals surface area contributed by atoms with Crippen LogP contribution in [0.4, 0.5) is 0 Å². The molecule has 0 aliphatic heterocycles. The molecule has 0 radical (unpaired) electrons. The van der Waals surface area contributed by atoms with Crippen molar-refractivity contribution in [2.24, 2.45) is 0 Å². The summed E-state index contributed by atoms with van der Waals surface area (Å²) in [7, 11) is 0. The highest BCUT2D eigenvalue weighted by atomic mass is 79.9. The van der Waals surface area contributed by atoms with Gasteiger partial charge in [0.25, 0.3) is 0 Å². The minimum Gasteiger partial charge on any atom is -0.478 e. The molecule has 1 N–H and O–H groups in total. The number of aryl methyl sites for hydroxylation is 1. The third kappa shape index (κ3) is 3.14. The van der Waals surface area contributed by atoms with Gasteiger partial charge in [0.05, 0.1) is 17.0 Å². The van der Waals surface area contributed by atoms with Gasteiger partial charge in [-0.25, -0.2) is 4.79 Å². The summed E-state index contributed by atoms with van der Waals surface area (Å²) in [4.78, 5) is 11.8. The van der Waals surface area contributed by atoms with Crippen molar-refractivity contribution in [3.05, 3.63) is 45.8 Å². The van der Waals surface area contributed by atoms with Crippen molar-refractivity contribution in [3.63, 3.8) is 0 Å². The lowest BCUT2D eigenvalue weighted by Gasteiger charge is -2.04. The van der Waals surface area contributed by atoms with Crippen molar-refractivity contribution in [1.29, 1.82) is 0 Å². The predicted molar refractivity (Wildman–Crippen MR) is 71.9 cm³/mol. The molecule has 0 unspecified atom stereocenters. The van der Waals surface area contributed by atoms with Crippen LogP contribution in [0, 0.1) is 6.92 Å². The number of hydrogen-bond acceptors (Lipinski definition) is 4. The van der Waals surface area contributed by atoms with Crippen LogP contribution in [0.2, 0.25) is 0 Å². The summed E-state index contributed by atoms with van der Waals surface area (Å²) in [5, 5.41) is 12.9. The molecule has 18 heavy (non-hydrogen) atoms. The highest BCUT2D eigenvalue weighted by Gasteiger charge is 2.12. The Morgan fingerprint density at radius 3 is 2.89 bits per heavy atom. The van der Waals surface area contributed by atoms with E-state index in [1.165, 1.54) is 11.8 Å². The highest BCUT2D eigenvalue weighted by molar-refractivity contribution is 9.10. The molecule has 1 aromatic carbocycles. The van der Waals surface area contributed by atoms with Gasteiger partial charge >= 0.3 is 5.97 Å². The molecule has 1 heterocycles. The lowest BCUT2D eigenvalue weighted by molar-refractivity contribution is 0.0693. The first-order valence-corrected chi connectivity index (χ1v) is 6.92.